The van der Waals surface area contributed by atoms with Gasteiger partial charge in [-0.05, 0) is 44.0 Å². The molecule has 2 rings (SSSR count). The molecule has 0 saturated carbocycles. The lowest BCUT2D eigenvalue weighted by Crippen LogP contribution is -2.35. The van der Waals surface area contributed by atoms with E-state index in [4.69, 9.17) is 0 Å². The Balaban J connectivity index is 1.96. The van der Waals surface area contributed by atoms with Crippen molar-refractivity contribution in [2.24, 2.45) is 5.92 Å². The summed E-state index contributed by atoms with van der Waals surface area (Å²) in [6.07, 6.45) is 2.17. The molecule has 1 saturated heterocycles. The van der Waals surface area contributed by atoms with Gasteiger partial charge in [0.1, 0.15) is 11.6 Å². The van der Waals surface area contributed by atoms with Crippen LogP contribution in [-0.4, -0.2) is 22.8 Å². The van der Waals surface area contributed by atoms with E-state index in [0.29, 0.717) is 17.3 Å². The molecule has 1 unspecified atom stereocenters. The van der Waals surface area contributed by atoms with E-state index in [1.54, 1.807) is 0 Å². The first-order valence-corrected chi connectivity index (χ1v) is 7.29. The molecule has 4 heteroatoms. The second kappa shape index (κ2) is 6.11. The Morgan fingerprint density at radius 3 is 2.33 bits per heavy atom. The zero-order valence-electron chi connectivity index (χ0n) is 10.5. The van der Waals surface area contributed by atoms with Gasteiger partial charge in [0.25, 0.3) is 0 Å². The van der Waals surface area contributed by atoms with E-state index in [2.05, 4.69) is 27.8 Å². The van der Waals surface area contributed by atoms with Gasteiger partial charge >= 0.3 is 0 Å². The second-order valence-electron chi connectivity index (χ2n) is 4.99. The van der Waals surface area contributed by atoms with E-state index in [9.17, 15) is 8.78 Å². The highest BCUT2D eigenvalue weighted by Gasteiger charge is 2.23. The Labute approximate surface area is 115 Å². The molecular weight excluding hydrogens is 300 g/mol. The molecule has 0 aromatic heterocycles. The number of alkyl halides is 1. The van der Waals surface area contributed by atoms with Crippen molar-refractivity contribution in [2.75, 3.05) is 13.1 Å². The Morgan fingerprint density at radius 2 is 1.83 bits per heavy atom. The van der Waals surface area contributed by atoms with Crippen molar-refractivity contribution < 1.29 is 8.78 Å². The lowest BCUT2D eigenvalue weighted by molar-refractivity contribution is 0.174. The normalized spacial score (nSPS) is 20.0. The van der Waals surface area contributed by atoms with Gasteiger partial charge in [0.15, 0.2) is 0 Å². The fourth-order valence-electron chi connectivity index (χ4n) is 2.48. The van der Waals surface area contributed by atoms with E-state index >= 15 is 0 Å². The van der Waals surface area contributed by atoms with Crippen LogP contribution in [0.3, 0.4) is 0 Å². The van der Waals surface area contributed by atoms with Crippen molar-refractivity contribution in [3.8, 4) is 0 Å². The monoisotopic (exact) mass is 317 g/mol. The van der Waals surface area contributed by atoms with Crippen LogP contribution in [0.25, 0.3) is 0 Å². The number of hydrogen-bond acceptors (Lipinski definition) is 1. The molecule has 0 amide bonds. The lowest BCUT2D eigenvalue weighted by atomic mass is 9.94. The number of rotatable bonds is 3. The third kappa shape index (κ3) is 3.29. The third-order valence-electron chi connectivity index (χ3n) is 3.73. The molecule has 1 fully saturated rings. The summed E-state index contributed by atoms with van der Waals surface area (Å²) in [5.41, 5.74) is 0.197. The summed E-state index contributed by atoms with van der Waals surface area (Å²) in [5.74, 6) is -0.205. The SMILES string of the molecule is CC(Br)C1CCN(Cc2c(F)cccc2F)CC1. The third-order valence-corrected chi connectivity index (χ3v) is 4.47. The summed E-state index contributed by atoms with van der Waals surface area (Å²) in [5, 5.41) is 0. The van der Waals surface area contributed by atoms with Crippen LogP contribution in [-0.2, 0) is 6.54 Å². The van der Waals surface area contributed by atoms with Gasteiger partial charge in [0, 0.05) is 16.9 Å². The quantitative estimate of drug-likeness (QED) is 0.763. The summed E-state index contributed by atoms with van der Waals surface area (Å²) in [6, 6.07) is 4.06. The first kappa shape index (κ1) is 13.9. The molecule has 100 valence electrons. The average Bonchev–Trinajstić information content (AvgIpc) is 2.34. The maximum Gasteiger partial charge on any atom is 0.130 e. The van der Waals surface area contributed by atoms with Crippen LogP contribution < -0.4 is 0 Å². The molecule has 0 radical (unpaired) electrons. The minimum Gasteiger partial charge on any atom is -0.299 e. The zero-order chi connectivity index (χ0) is 13.1. The van der Waals surface area contributed by atoms with Crippen LogP contribution in [0.2, 0.25) is 0 Å². The second-order valence-corrected chi connectivity index (χ2v) is 6.44. The zero-order valence-corrected chi connectivity index (χ0v) is 12.1. The minimum atomic E-state index is -0.439. The van der Waals surface area contributed by atoms with Gasteiger partial charge in [-0.2, -0.15) is 0 Å². The molecule has 1 atom stereocenters. The summed E-state index contributed by atoms with van der Waals surface area (Å²) in [6.45, 7) is 4.36. The molecule has 1 aliphatic rings. The van der Waals surface area contributed by atoms with E-state index in [1.807, 2.05) is 0 Å². The van der Waals surface area contributed by atoms with Gasteiger partial charge in [0.05, 0.1) is 0 Å². The maximum atomic E-state index is 13.5. The number of nitrogens with zero attached hydrogens (tertiary/aromatic N) is 1. The molecule has 1 aromatic carbocycles. The summed E-state index contributed by atoms with van der Waals surface area (Å²) < 4.78 is 27.1. The molecule has 1 heterocycles. The fraction of sp³-hybridized carbons (Fsp3) is 0.571. The fourth-order valence-corrected chi connectivity index (χ4v) is 3.01. The molecule has 0 bridgehead atoms. The molecule has 0 spiro atoms. The lowest BCUT2D eigenvalue weighted by Gasteiger charge is -2.33. The number of benzene rings is 1. The van der Waals surface area contributed by atoms with Crippen LogP contribution in [0.15, 0.2) is 18.2 Å². The summed E-state index contributed by atoms with van der Waals surface area (Å²) in [4.78, 5) is 2.65. The largest absolute Gasteiger partial charge is 0.299 e. The van der Waals surface area contributed by atoms with Crippen molar-refractivity contribution in [1.29, 1.82) is 0 Å². The standard InChI is InChI=1S/C14H18BrF2N/c1-10(15)11-5-7-18(8-6-11)9-12-13(16)3-2-4-14(12)17/h2-4,10-11H,5-9H2,1H3. The number of halogens is 3. The van der Waals surface area contributed by atoms with Crippen LogP contribution in [0.4, 0.5) is 8.78 Å². The highest BCUT2D eigenvalue weighted by Crippen LogP contribution is 2.26. The molecule has 18 heavy (non-hydrogen) atoms. The minimum absolute atomic E-state index is 0.197. The maximum absolute atomic E-state index is 13.5. The predicted molar refractivity (Wildman–Crippen MR) is 72.7 cm³/mol. The number of piperidine rings is 1. The highest BCUT2D eigenvalue weighted by atomic mass is 79.9. The summed E-state index contributed by atoms with van der Waals surface area (Å²) >= 11 is 3.61. The van der Waals surface area contributed by atoms with Crippen molar-refractivity contribution in [3.63, 3.8) is 0 Å². The van der Waals surface area contributed by atoms with Gasteiger partial charge in [-0.3, -0.25) is 4.90 Å². The highest BCUT2D eigenvalue weighted by molar-refractivity contribution is 9.09. The van der Waals surface area contributed by atoms with E-state index in [1.165, 1.54) is 18.2 Å². The van der Waals surface area contributed by atoms with Gasteiger partial charge < -0.3 is 0 Å². The smallest absolute Gasteiger partial charge is 0.130 e. The Kier molecular flexibility index (Phi) is 4.73. The number of hydrogen-bond donors (Lipinski definition) is 0. The van der Waals surface area contributed by atoms with Crippen molar-refractivity contribution in [1.82, 2.24) is 4.90 Å². The molecule has 1 nitrogen and oxygen atoms in total. The van der Waals surface area contributed by atoms with E-state index in [-0.39, 0.29) is 5.56 Å². The van der Waals surface area contributed by atoms with Gasteiger partial charge in [-0.1, -0.05) is 28.9 Å². The van der Waals surface area contributed by atoms with Crippen LogP contribution >= 0.6 is 15.9 Å². The Bertz CT molecular complexity index is 381. The molecule has 0 N–H and O–H groups in total. The number of likely N-dealkylation sites (tertiary alicyclic amines) is 1. The van der Waals surface area contributed by atoms with Crippen LogP contribution in [0, 0.1) is 17.6 Å². The van der Waals surface area contributed by atoms with Crippen LogP contribution in [0.5, 0.6) is 0 Å². The first-order valence-electron chi connectivity index (χ1n) is 6.37. The van der Waals surface area contributed by atoms with E-state index < -0.39 is 11.6 Å². The molecular formula is C14H18BrF2N. The van der Waals surface area contributed by atoms with Crippen molar-refractivity contribution in [3.05, 3.63) is 35.4 Å². The van der Waals surface area contributed by atoms with Crippen LogP contribution in [0.1, 0.15) is 25.3 Å². The summed E-state index contributed by atoms with van der Waals surface area (Å²) in [7, 11) is 0. The molecule has 0 aliphatic carbocycles. The molecule has 1 aromatic rings. The van der Waals surface area contributed by atoms with Gasteiger partial charge in [-0.15, -0.1) is 0 Å². The van der Waals surface area contributed by atoms with Crippen molar-refractivity contribution >= 4 is 15.9 Å². The molecule has 1 aliphatic heterocycles. The Morgan fingerprint density at radius 1 is 1.28 bits per heavy atom. The first-order chi connectivity index (χ1) is 8.58. The van der Waals surface area contributed by atoms with E-state index in [0.717, 1.165) is 25.9 Å². The Hall–Kier alpha value is -0.480. The predicted octanol–water partition coefficient (Wildman–Crippen LogP) is 3.96. The van der Waals surface area contributed by atoms with Crippen molar-refractivity contribution in [2.45, 2.75) is 31.1 Å². The van der Waals surface area contributed by atoms with Gasteiger partial charge in [-0.25, -0.2) is 8.78 Å². The topological polar surface area (TPSA) is 3.24 Å². The van der Waals surface area contributed by atoms with Gasteiger partial charge in [0.2, 0.25) is 0 Å². The average molecular weight is 318 g/mol.